The molecule has 0 saturated carbocycles. The van der Waals surface area contributed by atoms with E-state index in [1.807, 2.05) is 13.8 Å². The monoisotopic (exact) mass is 237 g/mol. The molecule has 0 aliphatic carbocycles. The minimum absolute atomic E-state index is 0.151. The van der Waals surface area contributed by atoms with Crippen molar-refractivity contribution in [1.29, 1.82) is 0 Å². The maximum absolute atomic E-state index is 12.1. The van der Waals surface area contributed by atoms with Crippen molar-refractivity contribution in [3.8, 4) is 0 Å². The Labute approximate surface area is 91.1 Å². The Morgan fingerprint density at radius 3 is 2.56 bits per heavy atom. The first-order chi connectivity index (χ1) is 7.30. The fourth-order valence-electron chi connectivity index (χ4n) is 1.23. The number of aliphatic hydroxyl groups excluding tert-OH is 1. The molecule has 0 aromatic carbocycles. The van der Waals surface area contributed by atoms with Gasteiger partial charge in [-0.05, 0) is 5.92 Å². The molecule has 0 spiro atoms. The van der Waals surface area contributed by atoms with Crippen molar-refractivity contribution in [3.63, 3.8) is 0 Å². The highest BCUT2D eigenvalue weighted by atomic mass is 19.4. The fourth-order valence-corrected chi connectivity index (χ4v) is 1.23. The van der Waals surface area contributed by atoms with Crippen LogP contribution in [-0.2, 0) is 13.0 Å². The van der Waals surface area contributed by atoms with Gasteiger partial charge in [0, 0.05) is 13.0 Å². The van der Waals surface area contributed by atoms with Crippen LogP contribution in [-0.4, -0.2) is 32.2 Å². The van der Waals surface area contributed by atoms with Crippen LogP contribution >= 0.6 is 0 Å². The summed E-state index contributed by atoms with van der Waals surface area (Å²) in [5.74, 6) is 0.405. The molecule has 0 unspecified atom stereocenters. The fraction of sp³-hybridized carbons (Fsp3) is 0.778. The van der Waals surface area contributed by atoms with Crippen molar-refractivity contribution in [1.82, 2.24) is 14.8 Å². The molecular weight excluding hydrogens is 223 g/mol. The summed E-state index contributed by atoms with van der Waals surface area (Å²) in [7, 11) is 0. The lowest BCUT2D eigenvalue weighted by Gasteiger charge is -2.15. The molecule has 1 aromatic rings. The molecule has 0 fully saturated rings. The molecule has 4 nitrogen and oxygen atoms in total. The quantitative estimate of drug-likeness (QED) is 0.861. The van der Waals surface area contributed by atoms with Gasteiger partial charge < -0.3 is 5.11 Å². The van der Waals surface area contributed by atoms with Crippen LogP contribution in [0.3, 0.4) is 0 Å². The number of hydrogen-bond donors (Lipinski definition) is 1. The van der Waals surface area contributed by atoms with Gasteiger partial charge in [0.15, 0.2) is 6.10 Å². The van der Waals surface area contributed by atoms with Crippen molar-refractivity contribution >= 4 is 0 Å². The smallest absolute Gasteiger partial charge is 0.383 e. The summed E-state index contributed by atoms with van der Waals surface area (Å²) in [6.45, 7) is 4.33. The Balaban J connectivity index is 2.70. The third kappa shape index (κ3) is 3.48. The van der Waals surface area contributed by atoms with Crippen LogP contribution in [0.2, 0.25) is 0 Å². The largest absolute Gasteiger partial charge is 0.414 e. The molecule has 92 valence electrons. The lowest BCUT2D eigenvalue weighted by molar-refractivity contribution is -0.203. The molecule has 1 atom stereocenters. The van der Waals surface area contributed by atoms with Gasteiger partial charge in [-0.3, -0.25) is 0 Å². The van der Waals surface area contributed by atoms with Crippen LogP contribution in [0, 0.1) is 5.92 Å². The molecule has 1 N–H and O–H groups in total. The third-order valence-corrected chi connectivity index (χ3v) is 1.99. The summed E-state index contributed by atoms with van der Waals surface area (Å²) in [6, 6.07) is 0. The first-order valence-electron chi connectivity index (χ1n) is 4.92. The van der Waals surface area contributed by atoms with E-state index < -0.39 is 18.7 Å². The number of rotatable bonds is 4. The maximum Gasteiger partial charge on any atom is 0.414 e. The summed E-state index contributed by atoms with van der Waals surface area (Å²) < 4.78 is 37.8. The van der Waals surface area contributed by atoms with Crippen LogP contribution in [0.5, 0.6) is 0 Å². The van der Waals surface area contributed by atoms with Crippen molar-refractivity contribution in [2.75, 3.05) is 0 Å². The topological polar surface area (TPSA) is 50.9 Å². The van der Waals surface area contributed by atoms with Gasteiger partial charge in [-0.2, -0.15) is 18.3 Å². The lowest BCUT2D eigenvalue weighted by Crippen LogP contribution is -2.31. The lowest BCUT2D eigenvalue weighted by atomic mass is 10.2. The Hall–Kier alpha value is -1.11. The summed E-state index contributed by atoms with van der Waals surface area (Å²) in [5, 5.41) is 12.7. The predicted octanol–water partition coefficient (Wildman–Crippen LogP) is 1.40. The van der Waals surface area contributed by atoms with Gasteiger partial charge in [-0.1, -0.05) is 13.8 Å². The molecule has 16 heavy (non-hydrogen) atoms. The summed E-state index contributed by atoms with van der Waals surface area (Å²) in [4.78, 5) is 3.71. The molecule has 0 aliphatic heterocycles. The van der Waals surface area contributed by atoms with Crippen molar-refractivity contribution in [3.05, 3.63) is 12.2 Å². The molecule has 1 heterocycles. The normalized spacial score (nSPS) is 14.4. The first kappa shape index (κ1) is 13.0. The second-order valence-corrected chi connectivity index (χ2v) is 4.01. The summed E-state index contributed by atoms with van der Waals surface area (Å²) >= 11 is 0. The number of hydrogen-bond acceptors (Lipinski definition) is 3. The molecule has 0 aliphatic rings. The van der Waals surface area contributed by atoms with E-state index in [2.05, 4.69) is 10.1 Å². The molecular formula is C9H14F3N3O. The van der Waals surface area contributed by atoms with Gasteiger partial charge >= 0.3 is 6.18 Å². The van der Waals surface area contributed by atoms with E-state index in [1.165, 1.54) is 11.0 Å². The minimum atomic E-state index is -4.62. The van der Waals surface area contributed by atoms with E-state index >= 15 is 0 Å². The van der Waals surface area contributed by atoms with Crippen molar-refractivity contribution < 1.29 is 18.3 Å². The number of nitrogens with zero attached hydrogens (tertiary/aromatic N) is 3. The van der Waals surface area contributed by atoms with E-state index in [0.29, 0.717) is 6.54 Å². The van der Waals surface area contributed by atoms with Crippen molar-refractivity contribution in [2.24, 2.45) is 5.92 Å². The number of aliphatic hydroxyl groups is 1. The van der Waals surface area contributed by atoms with Crippen LogP contribution < -0.4 is 0 Å². The van der Waals surface area contributed by atoms with Crippen LogP contribution in [0.1, 0.15) is 19.7 Å². The minimum Gasteiger partial charge on any atom is -0.383 e. The highest BCUT2D eigenvalue weighted by Crippen LogP contribution is 2.22. The standard InChI is InChI=1S/C9H14F3N3O/c1-6(2)4-15-8(13-5-14-15)3-7(16)9(10,11)12/h5-7,16H,3-4H2,1-2H3/t7-/m1/s1. The van der Waals surface area contributed by atoms with Crippen LogP contribution in [0.4, 0.5) is 13.2 Å². The zero-order valence-corrected chi connectivity index (χ0v) is 9.07. The van der Waals surface area contributed by atoms with E-state index in [9.17, 15) is 13.2 Å². The SMILES string of the molecule is CC(C)Cn1ncnc1C[C@@H](O)C(F)(F)F. The second kappa shape index (κ2) is 4.82. The molecule has 0 bridgehead atoms. The maximum atomic E-state index is 12.1. The van der Waals surface area contributed by atoms with Gasteiger partial charge in [0.1, 0.15) is 12.2 Å². The highest BCUT2D eigenvalue weighted by Gasteiger charge is 2.39. The van der Waals surface area contributed by atoms with Gasteiger partial charge in [-0.15, -0.1) is 0 Å². The first-order valence-corrected chi connectivity index (χ1v) is 4.92. The van der Waals surface area contributed by atoms with Gasteiger partial charge in [0.25, 0.3) is 0 Å². The zero-order chi connectivity index (χ0) is 12.3. The Kier molecular flexibility index (Phi) is 3.90. The summed E-state index contributed by atoms with van der Waals surface area (Å²) in [5.41, 5.74) is 0. The van der Waals surface area contributed by atoms with E-state index in [4.69, 9.17) is 5.11 Å². The second-order valence-electron chi connectivity index (χ2n) is 4.01. The van der Waals surface area contributed by atoms with E-state index in [-0.39, 0.29) is 11.7 Å². The van der Waals surface area contributed by atoms with E-state index in [1.54, 1.807) is 0 Å². The molecule has 0 radical (unpaired) electrons. The van der Waals surface area contributed by atoms with Crippen LogP contribution in [0.15, 0.2) is 6.33 Å². The van der Waals surface area contributed by atoms with Gasteiger partial charge in [0.2, 0.25) is 0 Å². The van der Waals surface area contributed by atoms with Crippen LogP contribution in [0.25, 0.3) is 0 Å². The Bertz CT molecular complexity index is 335. The molecule has 0 amide bonds. The molecule has 0 saturated heterocycles. The number of aromatic nitrogens is 3. The number of halogens is 3. The Morgan fingerprint density at radius 2 is 2.06 bits per heavy atom. The number of alkyl halides is 3. The molecule has 1 aromatic heterocycles. The highest BCUT2D eigenvalue weighted by molar-refractivity contribution is 4.89. The average Bonchev–Trinajstić information content (AvgIpc) is 2.50. The molecule has 1 rings (SSSR count). The van der Waals surface area contributed by atoms with E-state index in [0.717, 1.165) is 0 Å². The average molecular weight is 237 g/mol. The molecule has 7 heteroatoms. The van der Waals surface area contributed by atoms with Gasteiger partial charge in [-0.25, -0.2) is 9.67 Å². The summed E-state index contributed by atoms with van der Waals surface area (Å²) in [6.07, 6.45) is -6.37. The van der Waals surface area contributed by atoms with Crippen molar-refractivity contribution in [2.45, 2.75) is 39.1 Å². The predicted molar refractivity (Wildman–Crippen MR) is 50.6 cm³/mol. The Morgan fingerprint density at radius 1 is 1.44 bits per heavy atom. The third-order valence-electron chi connectivity index (χ3n) is 1.99. The zero-order valence-electron chi connectivity index (χ0n) is 9.07. The van der Waals surface area contributed by atoms with Gasteiger partial charge in [0.05, 0.1) is 0 Å².